The molecule has 1 saturated carbocycles. The van der Waals surface area contributed by atoms with Crippen LogP contribution in [-0.2, 0) is 4.79 Å². The van der Waals surface area contributed by atoms with Crippen molar-refractivity contribution in [3.8, 4) is 0 Å². The highest BCUT2D eigenvalue weighted by Gasteiger charge is 2.32. The maximum atomic E-state index is 11.0. The van der Waals surface area contributed by atoms with E-state index in [2.05, 4.69) is 13.8 Å². The average Bonchev–Trinajstić information content (AvgIpc) is 2.01. The molecule has 0 saturated heterocycles. The van der Waals surface area contributed by atoms with Crippen LogP contribution >= 0.6 is 0 Å². The smallest absolute Gasteiger partial charge is 0.220 e. The van der Waals surface area contributed by atoms with Gasteiger partial charge in [0.1, 0.15) is 0 Å². The second-order valence-electron chi connectivity index (χ2n) is 5.21. The van der Waals surface area contributed by atoms with Crippen molar-refractivity contribution in [2.24, 2.45) is 23.0 Å². The lowest BCUT2D eigenvalue weighted by Gasteiger charge is -2.37. The number of nitrogens with two attached hydrogens (primary N) is 1. The first-order valence-electron chi connectivity index (χ1n) is 5.22. The second-order valence-corrected chi connectivity index (χ2v) is 5.21. The van der Waals surface area contributed by atoms with Crippen LogP contribution in [0.4, 0.5) is 0 Å². The number of hydrogen-bond donors (Lipinski definition) is 1. The van der Waals surface area contributed by atoms with Crippen LogP contribution in [0.5, 0.6) is 0 Å². The summed E-state index contributed by atoms with van der Waals surface area (Å²) in [5.74, 6) is 0.434. The Hall–Kier alpha value is -0.530. The summed E-state index contributed by atoms with van der Waals surface area (Å²) in [7, 11) is 0. The van der Waals surface area contributed by atoms with Gasteiger partial charge in [-0.25, -0.2) is 0 Å². The Labute approximate surface area is 80.9 Å². The van der Waals surface area contributed by atoms with Gasteiger partial charge in [-0.05, 0) is 30.6 Å². The van der Waals surface area contributed by atoms with E-state index in [0.29, 0.717) is 11.3 Å². The van der Waals surface area contributed by atoms with Crippen molar-refractivity contribution in [1.82, 2.24) is 0 Å². The first-order valence-corrected chi connectivity index (χ1v) is 5.22. The van der Waals surface area contributed by atoms with Gasteiger partial charge in [0.2, 0.25) is 5.91 Å². The van der Waals surface area contributed by atoms with Crippen molar-refractivity contribution >= 4 is 5.91 Å². The lowest BCUT2D eigenvalue weighted by atomic mass is 9.68. The monoisotopic (exact) mass is 183 g/mol. The fourth-order valence-corrected chi connectivity index (χ4v) is 2.42. The maximum Gasteiger partial charge on any atom is 0.220 e. The summed E-state index contributed by atoms with van der Waals surface area (Å²) < 4.78 is 0. The van der Waals surface area contributed by atoms with Gasteiger partial charge in [0.25, 0.3) is 0 Å². The molecule has 2 heteroatoms. The molecule has 0 bridgehead atoms. The zero-order valence-electron chi connectivity index (χ0n) is 8.97. The van der Waals surface area contributed by atoms with Crippen LogP contribution in [0.2, 0.25) is 0 Å². The zero-order chi connectivity index (χ0) is 10.1. The van der Waals surface area contributed by atoms with Crippen LogP contribution in [0.1, 0.15) is 46.5 Å². The SMILES string of the molecule is CC(C(N)=O)C1CCCC(C)(C)C1. The molecule has 0 spiro atoms. The highest BCUT2D eigenvalue weighted by atomic mass is 16.1. The van der Waals surface area contributed by atoms with Gasteiger partial charge in [-0.3, -0.25) is 4.79 Å². The summed E-state index contributed by atoms with van der Waals surface area (Å²) in [6.07, 6.45) is 4.86. The van der Waals surface area contributed by atoms with E-state index >= 15 is 0 Å². The first kappa shape index (κ1) is 10.6. The van der Waals surface area contributed by atoms with E-state index in [1.54, 1.807) is 0 Å². The number of rotatable bonds is 2. The molecule has 2 nitrogen and oxygen atoms in total. The largest absolute Gasteiger partial charge is 0.369 e. The van der Waals surface area contributed by atoms with E-state index in [0.717, 1.165) is 6.42 Å². The molecule has 1 aliphatic carbocycles. The number of hydrogen-bond acceptors (Lipinski definition) is 1. The molecule has 2 atom stereocenters. The number of primary amides is 1. The molecule has 0 aromatic carbocycles. The number of carbonyl (C=O) groups is 1. The Kier molecular flexibility index (Phi) is 2.99. The Balaban J connectivity index is 2.56. The van der Waals surface area contributed by atoms with E-state index in [1.165, 1.54) is 19.3 Å². The normalized spacial score (nSPS) is 29.6. The van der Waals surface area contributed by atoms with Crippen molar-refractivity contribution in [3.63, 3.8) is 0 Å². The molecule has 13 heavy (non-hydrogen) atoms. The fraction of sp³-hybridized carbons (Fsp3) is 0.909. The average molecular weight is 183 g/mol. The van der Waals surface area contributed by atoms with Gasteiger partial charge in [0.15, 0.2) is 0 Å². The molecule has 0 aromatic heterocycles. The Morgan fingerprint density at radius 2 is 2.15 bits per heavy atom. The molecular weight excluding hydrogens is 162 g/mol. The zero-order valence-corrected chi connectivity index (χ0v) is 8.97. The van der Waals surface area contributed by atoms with Crippen LogP contribution in [-0.4, -0.2) is 5.91 Å². The molecule has 0 aliphatic heterocycles. The minimum atomic E-state index is -0.136. The third-order valence-electron chi connectivity index (χ3n) is 3.40. The summed E-state index contributed by atoms with van der Waals surface area (Å²) >= 11 is 0. The van der Waals surface area contributed by atoms with Gasteiger partial charge < -0.3 is 5.73 Å². The van der Waals surface area contributed by atoms with Crippen LogP contribution in [0.3, 0.4) is 0 Å². The van der Waals surface area contributed by atoms with Crippen molar-refractivity contribution in [2.45, 2.75) is 46.5 Å². The molecule has 76 valence electrons. The molecular formula is C11H21NO. The molecule has 0 radical (unpaired) electrons. The fourth-order valence-electron chi connectivity index (χ4n) is 2.42. The third-order valence-corrected chi connectivity index (χ3v) is 3.40. The lowest BCUT2D eigenvalue weighted by Crippen LogP contribution is -2.33. The molecule has 1 rings (SSSR count). The highest BCUT2D eigenvalue weighted by molar-refractivity contribution is 5.76. The van der Waals surface area contributed by atoms with E-state index in [-0.39, 0.29) is 11.8 Å². The Morgan fingerprint density at radius 1 is 1.54 bits per heavy atom. The summed E-state index contributed by atoms with van der Waals surface area (Å²) in [6, 6.07) is 0. The Morgan fingerprint density at radius 3 is 2.62 bits per heavy atom. The van der Waals surface area contributed by atoms with Crippen LogP contribution in [0.15, 0.2) is 0 Å². The quantitative estimate of drug-likeness (QED) is 0.701. The third kappa shape index (κ3) is 2.71. The van der Waals surface area contributed by atoms with Crippen molar-refractivity contribution in [1.29, 1.82) is 0 Å². The molecule has 1 amide bonds. The number of amides is 1. The molecule has 0 aromatic rings. The topological polar surface area (TPSA) is 43.1 Å². The predicted octanol–water partition coefficient (Wildman–Crippen LogP) is 2.32. The maximum absolute atomic E-state index is 11.0. The summed E-state index contributed by atoms with van der Waals surface area (Å²) in [4.78, 5) is 11.0. The minimum Gasteiger partial charge on any atom is -0.369 e. The van der Waals surface area contributed by atoms with E-state index < -0.39 is 0 Å². The van der Waals surface area contributed by atoms with Crippen molar-refractivity contribution in [2.75, 3.05) is 0 Å². The van der Waals surface area contributed by atoms with Crippen LogP contribution < -0.4 is 5.73 Å². The summed E-state index contributed by atoms with van der Waals surface area (Å²) in [6.45, 7) is 6.54. The van der Waals surface area contributed by atoms with Gasteiger partial charge in [0.05, 0.1) is 0 Å². The van der Waals surface area contributed by atoms with E-state index in [4.69, 9.17) is 5.73 Å². The second kappa shape index (κ2) is 3.69. The molecule has 2 unspecified atom stereocenters. The van der Waals surface area contributed by atoms with Gasteiger partial charge in [-0.15, -0.1) is 0 Å². The molecule has 0 heterocycles. The number of carbonyl (C=O) groups excluding carboxylic acids is 1. The predicted molar refractivity (Wildman–Crippen MR) is 54.1 cm³/mol. The standard InChI is InChI=1S/C11H21NO/c1-8(10(12)13)9-5-4-6-11(2,3)7-9/h8-9H,4-7H2,1-3H3,(H2,12,13). The van der Waals surface area contributed by atoms with Gasteiger partial charge in [0, 0.05) is 5.92 Å². The van der Waals surface area contributed by atoms with Crippen molar-refractivity contribution in [3.05, 3.63) is 0 Å². The molecule has 1 fully saturated rings. The lowest BCUT2D eigenvalue weighted by molar-refractivity contribution is -0.123. The van der Waals surface area contributed by atoms with Gasteiger partial charge >= 0.3 is 0 Å². The van der Waals surface area contributed by atoms with Crippen LogP contribution in [0, 0.1) is 17.3 Å². The highest BCUT2D eigenvalue weighted by Crippen LogP contribution is 2.41. The molecule has 1 aliphatic rings. The van der Waals surface area contributed by atoms with Gasteiger partial charge in [-0.1, -0.05) is 27.2 Å². The first-order chi connectivity index (χ1) is 5.92. The van der Waals surface area contributed by atoms with E-state index in [9.17, 15) is 4.79 Å². The van der Waals surface area contributed by atoms with Gasteiger partial charge in [-0.2, -0.15) is 0 Å². The van der Waals surface area contributed by atoms with Crippen molar-refractivity contribution < 1.29 is 4.79 Å². The van der Waals surface area contributed by atoms with E-state index in [1.807, 2.05) is 6.92 Å². The minimum absolute atomic E-state index is 0.0552. The summed E-state index contributed by atoms with van der Waals surface area (Å²) in [5.41, 5.74) is 5.73. The Bertz CT molecular complexity index is 198. The summed E-state index contributed by atoms with van der Waals surface area (Å²) in [5, 5.41) is 0. The molecule has 2 N–H and O–H groups in total. The van der Waals surface area contributed by atoms with Crippen LogP contribution in [0.25, 0.3) is 0 Å².